The Kier molecular flexibility index (Phi) is 4.02. The topological polar surface area (TPSA) is 65.2 Å². The lowest BCUT2D eigenvalue weighted by molar-refractivity contribution is 0.0471. The molecular weight excluding hydrogens is 300 g/mol. The second kappa shape index (κ2) is 6.11. The van der Waals surface area contributed by atoms with Crippen LogP contribution in [0.4, 0.5) is 0 Å². The number of hydrogen-bond acceptors (Lipinski definition) is 6. The number of benzene rings is 1. The highest BCUT2D eigenvalue weighted by Crippen LogP contribution is 2.25. The predicted octanol–water partition coefficient (Wildman–Crippen LogP) is 3.77. The van der Waals surface area contributed by atoms with Crippen LogP contribution < -0.4 is 0 Å². The Bertz CT molecular complexity index is 793. The quantitative estimate of drug-likeness (QED) is 0.686. The van der Waals surface area contributed by atoms with E-state index in [0.717, 1.165) is 16.1 Å². The first-order valence-corrected chi connectivity index (χ1v) is 7.53. The first kappa shape index (κ1) is 14.5. The van der Waals surface area contributed by atoms with Gasteiger partial charge in [0, 0.05) is 12.5 Å². The van der Waals surface area contributed by atoms with Gasteiger partial charge in [-0.3, -0.25) is 0 Å². The SMILES string of the molecule is Cc1cc(COC(=O)c2nc(C)oc2-c2ccccc2)sn1. The van der Waals surface area contributed by atoms with Gasteiger partial charge in [0.1, 0.15) is 6.61 Å². The van der Waals surface area contributed by atoms with Gasteiger partial charge in [-0.2, -0.15) is 4.37 Å². The average Bonchev–Trinajstić information content (AvgIpc) is 3.11. The van der Waals surface area contributed by atoms with Crippen LogP contribution in [0.15, 0.2) is 40.8 Å². The van der Waals surface area contributed by atoms with Gasteiger partial charge >= 0.3 is 5.97 Å². The van der Waals surface area contributed by atoms with Gasteiger partial charge < -0.3 is 9.15 Å². The van der Waals surface area contributed by atoms with E-state index in [-0.39, 0.29) is 12.3 Å². The van der Waals surface area contributed by atoms with Gasteiger partial charge in [0.2, 0.25) is 0 Å². The van der Waals surface area contributed by atoms with E-state index in [0.29, 0.717) is 11.7 Å². The molecule has 3 aromatic rings. The minimum atomic E-state index is -0.498. The van der Waals surface area contributed by atoms with Gasteiger partial charge in [-0.25, -0.2) is 9.78 Å². The molecule has 0 atom stereocenters. The fraction of sp³-hybridized carbons (Fsp3) is 0.188. The molecule has 0 spiro atoms. The number of carbonyl (C=O) groups excluding carboxylic acids is 1. The highest BCUT2D eigenvalue weighted by Gasteiger charge is 2.21. The smallest absolute Gasteiger partial charge is 0.361 e. The molecule has 0 aliphatic carbocycles. The lowest BCUT2D eigenvalue weighted by Crippen LogP contribution is -2.06. The van der Waals surface area contributed by atoms with Gasteiger partial charge in [-0.05, 0) is 24.5 Å². The Morgan fingerprint density at radius 1 is 1.27 bits per heavy atom. The van der Waals surface area contributed by atoms with Crippen molar-refractivity contribution in [1.29, 1.82) is 0 Å². The maximum atomic E-state index is 12.3. The number of nitrogens with zero attached hydrogens (tertiary/aromatic N) is 2. The average molecular weight is 314 g/mol. The molecule has 0 aliphatic rings. The standard InChI is InChI=1S/C16H14N2O3S/c1-10-8-13(22-18-10)9-20-16(19)14-15(21-11(2)17-14)12-6-4-3-5-7-12/h3-8H,9H2,1-2H3. The van der Waals surface area contributed by atoms with E-state index in [9.17, 15) is 4.79 Å². The third kappa shape index (κ3) is 3.07. The van der Waals surface area contributed by atoms with Crippen LogP contribution in [0.2, 0.25) is 0 Å². The van der Waals surface area contributed by atoms with Crippen LogP contribution in [0.5, 0.6) is 0 Å². The van der Waals surface area contributed by atoms with Crippen molar-refractivity contribution in [3.05, 3.63) is 58.6 Å². The molecule has 0 bridgehead atoms. The fourth-order valence-electron chi connectivity index (χ4n) is 2.04. The zero-order valence-corrected chi connectivity index (χ0v) is 13.0. The summed E-state index contributed by atoms with van der Waals surface area (Å²) in [6.07, 6.45) is 0. The number of hydrogen-bond donors (Lipinski definition) is 0. The highest BCUT2D eigenvalue weighted by molar-refractivity contribution is 7.05. The van der Waals surface area contributed by atoms with Crippen LogP contribution in [0, 0.1) is 13.8 Å². The Balaban J connectivity index is 1.81. The van der Waals surface area contributed by atoms with Crippen LogP contribution in [0.25, 0.3) is 11.3 Å². The molecule has 0 unspecified atom stereocenters. The van der Waals surface area contributed by atoms with Crippen molar-refractivity contribution in [3.8, 4) is 11.3 Å². The van der Waals surface area contributed by atoms with Gasteiger partial charge in [0.05, 0.1) is 10.6 Å². The lowest BCUT2D eigenvalue weighted by Gasteiger charge is -2.02. The molecule has 0 N–H and O–H groups in total. The van der Waals surface area contributed by atoms with Crippen molar-refractivity contribution in [3.63, 3.8) is 0 Å². The normalized spacial score (nSPS) is 10.6. The Labute approximate surface area is 131 Å². The number of esters is 1. The minimum absolute atomic E-state index is 0.185. The van der Waals surface area contributed by atoms with Crippen molar-refractivity contribution < 1.29 is 13.9 Å². The molecule has 0 amide bonds. The minimum Gasteiger partial charge on any atom is -0.455 e. The summed E-state index contributed by atoms with van der Waals surface area (Å²) in [5, 5.41) is 0. The highest BCUT2D eigenvalue weighted by atomic mass is 32.1. The van der Waals surface area contributed by atoms with Crippen molar-refractivity contribution in [2.45, 2.75) is 20.5 Å². The van der Waals surface area contributed by atoms with Crippen molar-refractivity contribution >= 4 is 17.5 Å². The molecule has 1 aromatic carbocycles. The monoisotopic (exact) mass is 314 g/mol. The van der Waals surface area contributed by atoms with Crippen LogP contribution in [-0.4, -0.2) is 15.3 Å². The summed E-state index contributed by atoms with van der Waals surface area (Å²) in [6, 6.07) is 11.3. The third-order valence-corrected chi connectivity index (χ3v) is 3.84. The molecule has 6 heteroatoms. The Hall–Kier alpha value is -2.47. The van der Waals surface area contributed by atoms with E-state index in [1.165, 1.54) is 11.5 Å². The fourth-order valence-corrected chi connectivity index (χ4v) is 2.69. The number of carbonyl (C=O) groups is 1. The Morgan fingerprint density at radius 3 is 2.73 bits per heavy atom. The maximum absolute atomic E-state index is 12.3. The van der Waals surface area contributed by atoms with E-state index in [2.05, 4.69) is 9.36 Å². The van der Waals surface area contributed by atoms with Crippen molar-refractivity contribution in [2.24, 2.45) is 0 Å². The largest absolute Gasteiger partial charge is 0.455 e. The van der Waals surface area contributed by atoms with Gasteiger partial charge in [0.15, 0.2) is 17.3 Å². The molecule has 0 fully saturated rings. The van der Waals surface area contributed by atoms with Crippen LogP contribution in [-0.2, 0) is 11.3 Å². The summed E-state index contributed by atoms with van der Waals surface area (Å²) in [4.78, 5) is 17.3. The summed E-state index contributed by atoms with van der Waals surface area (Å²) in [5.41, 5.74) is 1.91. The van der Waals surface area contributed by atoms with Crippen LogP contribution in [0.1, 0.15) is 27.0 Å². The number of oxazole rings is 1. The molecule has 0 radical (unpaired) electrons. The molecule has 0 saturated heterocycles. The number of ether oxygens (including phenoxy) is 1. The summed E-state index contributed by atoms with van der Waals surface area (Å²) >= 11 is 1.32. The lowest BCUT2D eigenvalue weighted by atomic mass is 10.1. The maximum Gasteiger partial charge on any atom is 0.361 e. The van der Waals surface area contributed by atoms with E-state index >= 15 is 0 Å². The molecule has 5 nitrogen and oxygen atoms in total. The van der Waals surface area contributed by atoms with E-state index < -0.39 is 5.97 Å². The van der Waals surface area contributed by atoms with Crippen molar-refractivity contribution in [2.75, 3.05) is 0 Å². The molecular formula is C16H14N2O3S. The summed E-state index contributed by atoms with van der Waals surface area (Å²) < 4.78 is 15.0. The summed E-state index contributed by atoms with van der Waals surface area (Å²) in [7, 11) is 0. The van der Waals surface area contributed by atoms with Gasteiger partial charge in [-0.15, -0.1) is 0 Å². The number of aryl methyl sites for hydroxylation is 2. The number of rotatable bonds is 4. The molecule has 22 heavy (non-hydrogen) atoms. The molecule has 112 valence electrons. The first-order valence-electron chi connectivity index (χ1n) is 6.75. The van der Waals surface area contributed by atoms with Crippen molar-refractivity contribution in [1.82, 2.24) is 9.36 Å². The second-order valence-electron chi connectivity index (χ2n) is 4.79. The van der Waals surface area contributed by atoms with E-state index in [1.807, 2.05) is 43.3 Å². The third-order valence-electron chi connectivity index (χ3n) is 2.99. The van der Waals surface area contributed by atoms with Crippen LogP contribution in [0.3, 0.4) is 0 Å². The second-order valence-corrected chi connectivity index (χ2v) is 5.68. The molecule has 2 heterocycles. The molecule has 0 saturated carbocycles. The zero-order chi connectivity index (χ0) is 15.5. The molecule has 3 rings (SSSR count). The Morgan fingerprint density at radius 2 is 2.05 bits per heavy atom. The molecule has 0 aliphatic heterocycles. The van der Waals surface area contributed by atoms with Crippen LogP contribution >= 0.6 is 11.5 Å². The zero-order valence-electron chi connectivity index (χ0n) is 12.2. The van der Waals surface area contributed by atoms with Gasteiger partial charge in [0.25, 0.3) is 0 Å². The molecule has 2 aromatic heterocycles. The van der Waals surface area contributed by atoms with Gasteiger partial charge in [-0.1, -0.05) is 30.3 Å². The number of aromatic nitrogens is 2. The van der Waals surface area contributed by atoms with E-state index in [4.69, 9.17) is 9.15 Å². The summed E-state index contributed by atoms with van der Waals surface area (Å²) in [6.45, 7) is 3.79. The predicted molar refractivity (Wildman–Crippen MR) is 82.6 cm³/mol. The summed E-state index contributed by atoms with van der Waals surface area (Å²) in [5.74, 6) is 0.366. The first-order chi connectivity index (χ1) is 10.6. The van der Waals surface area contributed by atoms with E-state index in [1.54, 1.807) is 6.92 Å².